The van der Waals surface area contributed by atoms with Gasteiger partial charge in [-0.05, 0) is 24.3 Å². The highest BCUT2D eigenvalue weighted by Crippen LogP contribution is 2.33. The average Bonchev–Trinajstić information content (AvgIpc) is 2.64. The summed E-state index contributed by atoms with van der Waals surface area (Å²) < 4.78 is 33.0. The molecule has 1 heterocycles. The quantitative estimate of drug-likeness (QED) is 0.873. The number of para-hydroxylation sites is 3. The zero-order valence-corrected chi connectivity index (χ0v) is 14.0. The molecule has 0 saturated carbocycles. The van der Waals surface area contributed by atoms with E-state index in [0.717, 1.165) is 12.1 Å². The van der Waals surface area contributed by atoms with Crippen LogP contribution in [0.2, 0.25) is 0 Å². The molecule has 3 rings (SSSR count). The molecule has 0 saturated heterocycles. The van der Waals surface area contributed by atoms with E-state index in [1.54, 1.807) is 29.2 Å². The maximum Gasteiger partial charge on any atom is 0.262 e. The molecule has 0 radical (unpaired) electrons. The third kappa shape index (κ3) is 3.58. The number of nitrogens with zero attached hydrogens (tertiary/aromatic N) is 1. The van der Waals surface area contributed by atoms with Crippen molar-refractivity contribution in [1.29, 1.82) is 0 Å². The highest BCUT2D eigenvalue weighted by atomic mass is 19.1. The van der Waals surface area contributed by atoms with E-state index in [1.165, 1.54) is 13.1 Å². The zero-order chi connectivity index (χ0) is 18.7. The molecule has 1 aliphatic heterocycles. The lowest BCUT2D eigenvalue weighted by Crippen LogP contribution is -2.50. The average molecular weight is 361 g/mol. The summed E-state index contributed by atoms with van der Waals surface area (Å²) in [5, 5.41) is 4.75. The van der Waals surface area contributed by atoms with Crippen LogP contribution < -0.4 is 20.3 Å². The highest BCUT2D eigenvalue weighted by molar-refractivity contribution is 5.95. The van der Waals surface area contributed by atoms with E-state index in [-0.39, 0.29) is 19.0 Å². The van der Waals surface area contributed by atoms with Crippen LogP contribution in [0.15, 0.2) is 42.5 Å². The fourth-order valence-electron chi connectivity index (χ4n) is 2.72. The van der Waals surface area contributed by atoms with Gasteiger partial charge in [0.25, 0.3) is 5.91 Å². The topological polar surface area (TPSA) is 70.7 Å². The number of anilines is 2. The first-order valence-corrected chi connectivity index (χ1v) is 7.95. The molecule has 0 spiro atoms. The number of rotatable bonds is 4. The third-order valence-electron chi connectivity index (χ3n) is 3.96. The molecule has 2 aromatic rings. The smallest absolute Gasteiger partial charge is 0.262 e. The van der Waals surface area contributed by atoms with E-state index in [9.17, 15) is 18.4 Å². The van der Waals surface area contributed by atoms with E-state index >= 15 is 0 Å². The summed E-state index contributed by atoms with van der Waals surface area (Å²) >= 11 is 0. The van der Waals surface area contributed by atoms with Gasteiger partial charge in [-0.15, -0.1) is 0 Å². The number of hydrogen-bond acceptors (Lipinski definition) is 4. The predicted octanol–water partition coefficient (Wildman–Crippen LogP) is 1.92. The normalized spacial score (nSPS) is 15.7. The Bertz CT molecular complexity index is 824. The molecule has 6 nitrogen and oxygen atoms in total. The Morgan fingerprint density at radius 3 is 2.54 bits per heavy atom. The maximum atomic E-state index is 13.7. The molecule has 136 valence electrons. The highest BCUT2D eigenvalue weighted by Gasteiger charge is 2.31. The number of ether oxygens (including phenoxy) is 1. The molecule has 0 unspecified atom stereocenters. The summed E-state index contributed by atoms with van der Waals surface area (Å²) in [5.74, 6) is -2.20. The van der Waals surface area contributed by atoms with Crippen LogP contribution >= 0.6 is 0 Å². The summed E-state index contributed by atoms with van der Waals surface area (Å²) in [6, 6.07) is 10.3. The van der Waals surface area contributed by atoms with E-state index in [4.69, 9.17) is 4.74 Å². The van der Waals surface area contributed by atoms with E-state index in [2.05, 4.69) is 10.6 Å². The van der Waals surface area contributed by atoms with Crippen molar-refractivity contribution in [1.82, 2.24) is 5.32 Å². The molecule has 2 aromatic carbocycles. The molecule has 2 N–H and O–H groups in total. The second kappa shape index (κ2) is 7.38. The van der Waals surface area contributed by atoms with Gasteiger partial charge in [0, 0.05) is 7.05 Å². The van der Waals surface area contributed by atoms with Crippen molar-refractivity contribution in [3.05, 3.63) is 54.1 Å². The lowest BCUT2D eigenvalue weighted by molar-refractivity contribution is -0.127. The number of benzene rings is 2. The van der Waals surface area contributed by atoms with Crippen LogP contribution in [0.25, 0.3) is 0 Å². The molecule has 0 aliphatic carbocycles. The van der Waals surface area contributed by atoms with Crippen molar-refractivity contribution in [2.75, 3.05) is 30.4 Å². The largest absolute Gasteiger partial charge is 0.477 e. The molecular weight excluding hydrogens is 344 g/mol. The first kappa shape index (κ1) is 17.7. The number of likely N-dealkylation sites (N-methyl/N-ethyl adjacent to an activating group) is 1. The molecule has 8 heteroatoms. The number of nitrogens with one attached hydrogen (secondary N) is 2. The molecule has 0 aromatic heterocycles. The van der Waals surface area contributed by atoms with Gasteiger partial charge >= 0.3 is 0 Å². The number of carbonyl (C=O) groups excluding carboxylic acids is 2. The molecule has 0 fully saturated rings. The SMILES string of the molecule is CNC(=O)[C@H]1CN(CC(=O)Nc2c(F)cccc2F)c2ccccc2O1. The first-order chi connectivity index (χ1) is 12.5. The van der Waals surface area contributed by atoms with Crippen molar-refractivity contribution in [2.45, 2.75) is 6.10 Å². The molecule has 1 aliphatic rings. The summed E-state index contributed by atoms with van der Waals surface area (Å²) in [5.41, 5.74) is 0.124. The summed E-state index contributed by atoms with van der Waals surface area (Å²) in [4.78, 5) is 25.9. The minimum absolute atomic E-state index is 0.129. The van der Waals surface area contributed by atoms with Gasteiger partial charge in [-0.1, -0.05) is 18.2 Å². The molecule has 26 heavy (non-hydrogen) atoms. The first-order valence-electron chi connectivity index (χ1n) is 7.95. The zero-order valence-electron chi connectivity index (χ0n) is 14.0. The van der Waals surface area contributed by atoms with Crippen LogP contribution in [0.5, 0.6) is 5.75 Å². The van der Waals surface area contributed by atoms with Crippen LogP contribution in [-0.4, -0.2) is 38.1 Å². The predicted molar refractivity (Wildman–Crippen MR) is 92.1 cm³/mol. The summed E-state index contributed by atoms with van der Waals surface area (Å²) in [7, 11) is 1.49. The number of fused-ring (bicyclic) bond motifs is 1. The lowest BCUT2D eigenvalue weighted by atomic mass is 10.1. The second-order valence-electron chi connectivity index (χ2n) is 5.71. The minimum atomic E-state index is -0.857. The summed E-state index contributed by atoms with van der Waals surface area (Å²) in [6.07, 6.45) is -0.798. The van der Waals surface area contributed by atoms with Gasteiger partial charge in [0.15, 0.2) is 6.10 Å². The Labute approximate surface area is 148 Å². The van der Waals surface area contributed by atoms with Gasteiger partial charge in [-0.3, -0.25) is 9.59 Å². The molecular formula is C18H17F2N3O3. The van der Waals surface area contributed by atoms with Crippen LogP contribution in [0.1, 0.15) is 0 Å². The second-order valence-corrected chi connectivity index (χ2v) is 5.71. The van der Waals surface area contributed by atoms with E-state index < -0.39 is 29.3 Å². The van der Waals surface area contributed by atoms with E-state index in [0.29, 0.717) is 11.4 Å². The van der Waals surface area contributed by atoms with Crippen molar-refractivity contribution in [3.8, 4) is 5.75 Å². The van der Waals surface area contributed by atoms with Gasteiger partial charge in [-0.2, -0.15) is 0 Å². The Morgan fingerprint density at radius 2 is 1.85 bits per heavy atom. The van der Waals surface area contributed by atoms with Gasteiger partial charge in [0.1, 0.15) is 23.1 Å². The molecule has 0 bridgehead atoms. The Balaban J connectivity index is 1.79. The van der Waals surface area contributed by atoms with Gasteiger partial charge < -0.3 is 20.3 Å². The Hall–Kier alpha value is -3.16. The summed E-state index contributed by atoms with van der Waals surface area (Å²) in [6.45, 7) is -0.0640. The van der Waals surface area contributed by atoms with Crippen molar-refractivity contribution >= 4 is 23.2 Å². The van der Waals surface area contributed by atoms with Crippen LogP contribution in [-0.2, 0) is 9.59 Å². The number of halogens is 2. The van der Waals surface area contributed by atoms with Gasteiger partial charge in [-0.25, -0.2) is 8.78 Å². The number of hydrogen-bond donors (Lipinski definition) is 2. The number of amides is 2. The van der Waals surface area contributed by atoms with Crippen LogP contribution in [0.4, 0.5) is 20.2 Å². The van der Waals surface area contributed by atoms with Gasteiger partial charge in [0.2, 0.25) is 5.91 Å². The maximum absolute atomic E-state index is 13.7. The minimum Gasteiger partial charge on any atom is -0.477 e. The third-order valence-corrected chi connectivity index (χ3v) is 3.96. The fourth-order valence-corrected chi connectivity index (χ4v) is 2.72. The Morgan fingerprint density at radius 1 is 1.15 bits per heavy atom. The Kier molecular flexibility index (Phi) is 5.01. The lowest BCUT2D eigenvalue weighted by Gasteiger charge is -2.35. The monoisotopic (exact) mass is 361 g/mol. The molecule has 1 atom stereocenters. The van der Waals surface area contributed by atoms with E-state index in [1.807, 2.05) is 0 Å². The van der Waals surface area contributed by atoms with Crippen molar-refractivity contribution < 1.29 is 23.1 Å². The van der Waals surface area contributed by atoms with Crippen molar-refractivity contribution in [3.63, 3.8) is 0 Å². The number of carbonyl (C=O) groups is 2. The van der Waals surface area contributed by atoms with Gasteiger partial charge in [0.05, 0.1) is 18.8 Å². The molecule has 2 amide bonds. The standard InChI is InChI=1S/C18H17F2N3O3/c1-21-18(25)15-9-23(13-7-2-3-8-14(13)26-15)10-16(24)22-17-11(19)5-4-6-12(17)20/h2-8,15H,9-10H2,1H3,(H,21,25)(H,22,24)/t15-/m1/s1. The van der Waals surface area contributed by atoms with Crippen LogP contribution in [0, 0.1) is 11.6 Å². The fraction of sp³-hybridized carbons (Fsp3) is 0.222. The van der Waals surface area contributed by atoms with Crippen LogP contribution in [0.3, 0.4) is 0 Å². The van der Waals surface area contributed by atoms with Crippen molar-refractivity contribution in [2.24, 2.45) is 0 Å².